The molecule has 2 aliphatic heterocycles. The summed E-state index contributed by atoms with van der Waals surface area (Å²) in [7, 11) is 1.75. The van der Waals surface area contributed by atoms with E-state index in [-0.39, 0.29) is 11.8 Å². The van der Waals surface area contributed by atoms with Gasteiger partial charge in [-0.3, -0.25) is 4.79 Å². The van der Waals surface area contributed by atoms with Crippen LogP contribution in [0.2, 0.25) is 0 Å². The molecule has 3 rings (SSSR count). The first-order valence-corrected chi connectivity index (χ1v) is 7.79. The molecule has 0 bridgehead atoms. The Morgan fingerprint density at radius 2 is 1.87 bits per heavy atom. The molecule has 2 atom stereocenters. The van der Waals surface area contributed by atoms with Crippen molar-refractivity contribution in [3.8, 4) is 0 Å². The maximum atomic E-state index is 12.4. The minimum atomic E-state index is -1.00. The maximum Gasteiger partial charge on any atom is 0.332 e. The molecule has 2 fully saturated rings. The van der Waals surface area contributed by atoms with E-state index in [0.29, 0.717) is 31.9 Å². The number of aliphatic carboxylic acids is 1. The standard InChI is InChI=1S/C14H21N5O4/c1-18-14(15)16-11(17-18)8-4-6-19(7-5-8)12(20)9-2-3-10(23-9)13(21)22/h8-10H,2-7H2,1H3,(H,21,22)(H2,15,16,17)/t9-,10+/m1/s1. The summed E-state index contributed by atoms with van der Waals surface area (Å²) in [5, 5.41) is 13.2. The van der Waals surface area contributed by atoms with Crippen molar-refractivity contribution >= 4 is 17.8 Å². The molecule has 0 spiro atoms. The number of rotatable bonds is 3. The number of amides is 1. The molecule has 0 aromatic carbocycles. The Balaban J connectivity index is 1.54. The van der Waals surface area contributed by atoms with Crippen LogP contribution in [0, 0.1) is 0 Å². The van der Waals surface area contributed by atoms with Gasteiger partial charge in [0.15, 0.2) is 11.9 Å². The number of nitrogen functional groups attached to an aromatic ring is 1. The minimum Gasteiger partial charge on any atom is -0.479 e. The van der Waals surface area contributed by atoms with Crippen LogP contribution in [-0.4, -0.2) is 61.9 Å². The van der Waals surface area contributed by atoms with Crippen LogP contribution in [0.5, 0.6) is 0 Å². The highest BCUT2D eigenvalue weighted by Crippen LogP contribution is 2.28. The Bertz CT molecular complexity index is 589. The molecule has 3 heterocycles. The lowest BCUT2D eigenvalue weighted by Gasteiger charge is -2.32. The van der Waals surface area contributed by atoms with Crippen LogP contribution in [0.1, 0.15) is 37.4 Å². The Morgan fingerprint density at radius 3 is 2.39 bits per heavy atom. The predicted octanol–water partition coefficient (Wildman–Crippen LogP) is -0.264. The number of carboxylic acids is 1. The number of aryl methyl sites for hydroxylation is 1. The van der Waals surface area contributed by atoms with Crippen LogP contribution in [-0.2, 0) is 21.4 Å². The number of hydrogen-bond acceptors (Lipinski definition) is 6. The van der Waals surface area contributed by atoms with Gasteiger partial charge < -0.3 is 20.5 Å². The second-order valence-electron chi connectivity index (χ2n) is 6.08. The van der Waals surface area contributed by atoms with Gasteiger partial charge in [-0.2, -0.15) is 10.1 Å². The fourth-order valence-electron chi connectivity index (χ4n) is 3.15. The van der Waals surface area contributed by atoms with Crippen molar-refractivity contribution in [2.45, 2.75) is 43.8 Å². The van der Waals surface area contributed by atoms with Gasteiger partial charge in [-0.05, 0) is 25.7 Å². The van der Waals surface area contributed by atoms with Gasteiger partial charge in [-0.1, -0.05) is 0 Å². The second-order valence-corrected chi connectivity index (χ2v) is 6.08. The van der Waals surface area contributed by atoms with E-state index >= 15 is 0 Å². The Hall–Kier alpha value is -2.16. The van der Waals surface area contributed by atoms with E-state index < -0.39 is 18.2 Å². The Morgan fingerprint density at radius 1 is 1.22 bits per heavy atom. The fourth-order valence-corrected chi connectivity index (χ4v) is 3.15. The smallest absolute Gasteiger partial charge is 0.332 e. The molecule has 9 heteroatoms. The van der Waals surface area contributed by atoms with E-state index in [1.54, 1.807) is 16.6 Å². The molecular formula is C14H21N5O4. The minimum absolute atomic E-state index is 0.110. The van der Waals surface area contributed by atoms with Gasteiger partial charge in [0.2, 0.25) is 5.95 Å². The van der Waals surface area contributed by atoms with E-state index in [2.05, 4.69) is 10.1 Å². The quantitative estimate of drug-likeness (QED) is 0.785. The predicted molar refractivity (Wildman–Crippen MR) is 79.5 cm³/mol. The number of nitrogens with zero attached hydrogens (tertiary/aromatic N) is 4. The summed E-state index contributed by atoms with van der Waals surface area (Å²) in [6, 6.07) is 0. The molecule has 0 saturated carbocycles. The number of anilines is 1. The molecule has 1 amide bonds. The number of aromatic nitrogens is 3. The molecule has 2 saturated heterocycles. The lowest BCUT2D eigenvalue weighted by Crippen LogP contribution is -2.44. The molecule has 2 aliphatic rings. The third-order valence-electron chi connectivity index (χ3n) is 4.56. The van der Waals surface area contributed by atoms with Crippen molar-refractivity contribution in [3.63, 3.8) is 0 Å². The van der Waals surface area contributed by atoms with Gasteiger partial charge in [-0.15, -0.1) is 0 Å². The van der Waals surface area contributed by atoms with Crippen LogP contribution >= 0.6 is 0 Å². The first-order chi connectivity index (χ1) is 11.0. The number of hydrogen-bond donors (Lipinski definition) is 2. The zero-order valence-corrected chi connectivity index (χ0v) is 13.0. The molecule has 0 unspecified atom stereocenters. The molecular weight excluding hydrogens is 302 g/mol. The lowest BCUT2D eigenvalue weighted by atomic mass is 9.95. The number of likely N-dealkylation sites (tertiary alicyclic amines) is 1. The van der Waals surface area contributed by atoms with Crippen LogP contribution in [0.15, 0.2) is 0 Å². The summed E-state index contributed by atoms with van der Waals surface area (Å²) in [4.78, 5) is 29.3. The fraction of sp³-hybridized carbons (Fsp3) is 0.714. The summed E-state index contributed by atoms with van der Waals surface area (Å²) in [6.07, 6.45) is 0.903. The first-order valence-electron chi connectivity index (χ1n) is 7.79. The second kappa shape index (κ2) is 6.15. The van der Waals surface area contributed by atoms with Gasteiger partial charge in [0.1, 0.15) is 6.10 Å². The largest absolute Gasteiger partial charge is 0.479 e. The number of piperidine rings is 1. The van der Waals surface area contributed by atoms with Crippen molar-refractivity contribution in [2.24, 2.45) is 7.05 Å². The average molecular weight is 323 g/mol. The molecule has 0 radical (unpaired) electrons. The summed E-state index contributed by atoms with van der Waals surface area (Å²) < 4.78 is 6.88. The highest BCUT2D eigenvalue weighted by atomic mass is 16.5. The van der Waals surface area contributed by atoms with E-state index in [9.17, 15) is 9.59 Å². The summed E-state index contributed by atoms with van der Waals surface area (Å²) in [5.74, 6) is 0.190. The normalized spacial score (nSPS) is 25.7. The highest BCUT2D eigenvalue weighted by molar-refractivity contribution is 5.82. The third-order valence-corrected chi connectivity index (χ3v) is 4.56. The number of carbonyl (C=O) groups excluding carboxylic acids is 1. The summed E-state index contributed by atoms with van der Waals surface area (Å²) >= 11 is 0. The molecule has 1 aromatic heterocycles. The van der Waals surface area contributed by atoms with E-state index in [4.69, 9.17) is 15.6 Å². The van der Waals surface area contributed by atoms with Crippen LogP contribution in [0.25, 0.3) is 0 Å². The van der Waals surface area contributed by atoms with Crippen LogP contribution in [0.4, 0.5) is 5.95 Å². The Labute approximate surface area is 133 Å². The van der Waals surface area contributed by atoms with Gasteiger partial charge in [0.05, 0.1) is 0 Å². The number of carbonyl (C=O) groups is 2. The van der Waals surface area contributed by atoms with Gasteiger partial charge in [-0.25, -0.2) is 9.48 Å². The van der Waals surface area contributed by atoms with Crippen LogP contribution in [0.3, 0.4) is 0 Å². The topological polar surface area (TPSA) is 124 Å². The maximum absolute atomic E-state index is 12.4. The highest BCUT2D eigenvalue weighted by Gasteiger charge is 2.38. The zero-order chi connectivity index (χ0) is 16.6. The zero-order valence-electron chi connectivity index (χ0n) is 13.0. The van der Waals surface area contributed by atoms with Crippen molar-refractivity contribution in [1.82, 2.24) is 19.7 Å². The van der Waals surface area contributed by atoms with Gasteiger partial charge in [0.25, 0.3) is 5.91 Å². The molecule has 126 valence electrons. The monoisotopic (exact) mass is 323 g/mol. The Kier molecular flexibility index (Phi) is 4.20. The molecule has 3 N–H and O–H groups in total. The molecule has 0 aliphatic carbocycles. The van der Waals surface area contributed by atoms with E-state index in [1.807, 2.05) is 0 Å². The molecule has 1 aromatic rings. The molecule has 23 heavy (non-hydrogen) atoms. The molecule has 9 nitrogen and oxygen atoms in total. The van der Waals surface area contributed by atoms with Gasteiger partial charge >= 0.3 is 5.97 Å². The summed E-state index contributed by atoms with van der Waals surface area (Å²) in [6.45, 7) is 1.19. The van der Waals surface area contributed by atoms with Crippen molar-refractivity contribution in [1.29, 1.82) is 0 Å². The van der Waals surface area contributed by atoms with Crippen LogP contribution < -0.4 is 5.73 Å². The van der Waals surface area contributed by atoms with Crippen molar-refractivity contribution < 1.29 is 19.4 Å². The number of nitrogens with two attached hydrogens (primary N) is 1. The van der Waals surface area contributed by atoms with Gasteiger partial charge in [0, 0.05) is 26.1 Å². The van der Waals surface area contributed by atoms with E-state index in [0.717, 1.165) is 18.7 Å². The first kappa shape index (κ1) is 15.7. The third kappa shape index (κ3) is 3.14. The van der Waals surface area contributed by atoms with E-state index in [1.165, 1.54) is 0 Å². The van der Waals surface area contributed by atoms with Crippen molar-refractivity contribution in [3.05, 3.63) is 5.82 Å². The van der Waals surface area contributed by atoms with Crippen molar-refractivity contribution in [2.75, 3.05) is 18.8 Å². The number of ether oxygens (including phenoxy) is 1. The number of carboxylic acid groups (broad SMARTS) is 1. The SMILES string of the molecule is Cn1nc(C2CCN(C(=O)[C@H]3CC[C@@H](C(=O)O)O3)CC2)nc1N. The average Bonchev–Trinajstić information content (AvgIpc) is 3.15. The lowest BCUT2D eigenvalue weighted by molar-refractivity contribution is -0.155. The summed E-state index contributed by atoms with van der Waals surface area (Å²) in [5.41, 5.74) is 5.70.